The van der Waals surface area contributed by atoms with Crippen molar-refractivity contribution < 1.29 is 19.4 Å². The molecule has 0 aromatic carbocycles. The number of rotatable bonds is 3. The number of amides is 1. The molecule has 0 spiro atoms. The van der Waals surface area contributed by atoms with Gasteiger partial charge in [-0.15, -0.1) is 6.58 Å². The molecule has 2 atom stereocenters. The molecule has 16 heavy (non-hydrogen) atoms. The van der Waals surface area contributed by atoms with E-state index in [0.717, 1.165) is 0 Å². The first-order chi connectivity index (χ1) is 7.21. The van der Waals surface area contributed by atoms with Crippen LogP contribution in [0.5, 0.6) is 0 Å². The Morgan fingerprint density at radius 3 is 2.44 bits per heavy atom. The van der Waals surface area contributed by atoms with Gasteiger partial charge >= 0.3 is 12.1 Å². The van der Waals surface area contributed by atoms with E-state index in [1.54, 1.807) is 20.8 Å². The molecule has 1 aliphatic carbocycles. The molecule has 1 fully saturated rings. The van der Waals surface area contributed by atoms with E-state index in [1.165, 1.54) is 6.08 Å². The van der Waals surface area contributed by atoms with Crippen molar-refractivity contribution in [1.82, 2.24) is 5.32 Å². The van der Waals surface area contributed by atoms with Crippen molar-refractivity contribution in [2.75, 3.05) is 0 Å². The van der Waals surface area contributed by atoms with Crippen LogP contribution in [0.15, 0.2) is 12.7 Å². The summed E-state index contributed by atoms with van der Waals surface area (Å²) in [6, 6.07) is 0. The first-order valence-corrected chi connectivity index (χ1v) is 5.08. The van der Waals surface area contributed by atoms with Gasteiger partial charge < -0.3 is 15.2 Å². The highest BCUT2D eigenvalue weighted by atomic mass is 16.6. The second-order valence-corrected chi connectivity index (χ2v) is 4.95. The Hall–Kier alpha value is -1.52. The SMILES string of the molecule is C=CC1C[C@]1(NC(=O)OC(C)(C)C)C(=O)O. The first kappa shape index (κ1) is 12.5. The van der Waals surface area contributed by atoms with E-state index in [2.05, 4.69) is 11.9 Å². The van der Waals surface area contributed by atoms with Gasteiger partial charge in [-0.25, -0.2) is 9.59 Å². The molecule has 1 rings (SSSR count). The zero-order valence-electron chi connectivity index (χ0n) is 9.74. The zero-order chi connectivity index (χ0) is 12.6. The summed E-state index contributed by atoms with van der Waals surface area (Å²) in [6.45, 7) is 8.69. The number of carboxylic acids is 1. The summed E-state index contributed by atoms with van der Waals surface area (Å²) in [5.74, 6) is -1.28. The van der Waals surface area contributed by atoms with Crippen molar-refractivity contribution >= 4 is 12.1 Å². The lowest BCUT2D eigenvalue weighted by atomic mass is 10.2. The van der Waals surface area contributed by atoms with Gasteiger partial charge in [0.1, 0.15) is 11.1 Å². The Balaban J connectivity index is 2.63. The minimum Gasteiger partial charge on any atom is -0.479 e. The largest absolute Gasteiger partial charge is 0.479 e. The van der Waals surface area contributed by atoms with Gasteiger partial charge in [0.15, 0.2) is 0 Å². The smallest absolute Gasteiger partial charge is 0.408 e. The van der Waals surface area contributed by atoms with Gasteiger partial charge in [0.25, 0.3) is 0 Å². The van der Waals surface area contributed by atoms with Gasteiger partial charge in [-0.2, -0.15) is 0 Å². The first-order valence-electron chi connectivity index (χ1n) is 5.08. The Bertz CT molecular complexity index is 331. The maximum absolute atomic E-state index is 11.4. The van der Waals surface area contributed by atoms with Crippen LogP contribution in [0, 0.1) is 5.92 Å². The van der Waals surface area contributed by atoms with Crippen LogP contribution in [-0.4, -0.2) is 28.3 Å². The van der Waals surface area contributed by atoms with Crippen LogP contribution in [0.3, 0.4) is 0 Å². The molecule has 0 saturated heterocycles. The molecule has 0 aromatic rings. The normalized spacial score (nSPS) is 28.1. The van der Waals surface area contributed by atoms with Crippen LogP contribution in [0.1, 0.15) is 27.2 Å². The number of hydrogen-bond donors (Lipinski definition) is 2. The molecule has 90 valence electrons. The molecule has 5 nitrogen and oxygen atoms in total. The van der Waals surface area contributed by atoms with Crippen LogP contribution in [0.2, 0.25) is 0 Å². The van der Waals surface area contributed by atoms with E-state index in [9.17, 15) is 9.59 Å². The summed E-state index contributed by atoms with van der Waals surface area (Å²) in [5.41, 5.74) is -1.85. The summed E-state index contributed by atoms with van der Waals surface area (Å²) in [4.78, 5) is 22.5. The Labute approximate surface area is 94.5 Å². The third-order valence-electron chi connectivity index (χ3n) is 2.40. The predicted molar refractivity (Wildman–Crippen MR) is 58.0 cm³/mol. The maximum atomic E-state index is 11.4. The van der Waals surface area contributed by atoms with Crippen LogP contribution >= 0.6 is 0 Å². The number of carboxylic acid groups (broad SMARTS) is 1. The number of hydrogen-bond acceptors (Lipinski definition) is 3. The lowest BCUT2D eigenvalue weighted by molar-refractivity contribution is -0.141. The highest BCUT2D eigenvalue weighted by molar-refractivity contribution is 5.88. The average Bonchev–Trinajstić information content (AvgIpc) is 2.76. The number of carbonyl (C=O) groups excluding carboxylic acids is 1. The zero-order valence-corrected chi connectivity index (χ0v) is 9.74. The van der Waals surface area contributed by atoms with Gasteiger partial charge in [0.2, 0.25) is 0 Å². The maximum Gasteiger partial charge on any atom is 0.408 e. The van der Waals surface area contributed by atoms with E-state index >= 15 is 0 Å². The number of aliphatic carboxylic acids is 1. The highest BCUT2D eigenvalue weighted by Gasteiger charge is 2.60. The molecule has 2 N–H and O–H groups in total. The molecule has 1 saturated carbocycles. The molecular formula is C11H17NO4. The summed E-state index contributed by atoms with van der Waals surface area (Å²) in [7, 11) is 0. The molecular weight excluding hydrogens is 210 g/mol. The van der Waals surface area contributed by atoms with Gasteiger partial charge in [0.05, 0.1) is 0 Å². The second kappa shape index (κ2) is 3.81. The van der Waals surface area contributed by atoms with Gasteiger partial charge in [-0.1, -0.05) is 6.08 Å². The lowest BCUT2D eigenvalue weighted by Crippen LogP contribution is -2.46. The number of alkyl carbamates (subject to hydrolysis) is 1. The summed E-state index contributed by atoms with van der Waals surface area (Å²) in [5, 5.41) is 11.4. The summed E-state index contributed by atoms with van der Waals surface area (Å²) in [6.07, 6.45) is 1.19. The van der Waals surface area contributed by atoms with Crippen LogP contribution in [-0.2, 0) is 9.53 Å². The third kappa shape index (κ3) is 2.53. The van der Waals surface area contributed by atoms with Crippen molar-refractivity contribution in [3.05, 3.63) is 12.7 Å². The van der Waals surface area contributed by atoms with Crippen molar-refractivity contribution in [2.24, 2.45) is 5.92 Å². The molecule has 5 heteroatoms. The Morgan fingerprint density at radius 2 is 2.12 bits per heavy atom. The van der Waals surface area contributed by atoms with Gasteiger partial charge in [-0.05, 0) is 27.2 Å². The predicted octanol–water partition coefficient (Wildman–Crippen LogP) is 1.54. The van der Waals surface area contributed by atoms with Crippen molar-refractivity contribution in [2.45, 2.75) is 38.3 Å². The molecule has 0 radical (unpaired) electrons. The van der Waals surface area contributed by atoms with Crippen LogP contribution in [0.25, 0.3) is 0 Å². The van der Waals surface area contributed by atoms with E-state index in [-0.39, 0.29) is 5.92 Å². The van der Waals surface area contributed by atoms with E-state index in [0.29, 0.717) is 6.42 Å². The lowest BCUT2D eigenvalue weighted by Gasteiger charge is -2.22. The average molecular weight is 227 g/mol. The van der Waals surface area contributed by atoms with Crippen LogP contribution in [0.4, 0.5) is 4.79 Å². The molecule has 1 amide bonds. The molecule has 1 aliphatic rings. The third-order valence-corrected chi connectivity index (χ3v) is 2.40. The quantitative estimate of drug-likeness (QED) is 0.717. The molecule has 0 heterocycles. The summed E-state index contributed by atoms with van der Waals surface area (Å²) < 4.78 is 5.01. The fourth-order valence-corrected chi connectivity index (χ4v) is 1.50. The van der Waals surface area contributed by atoms with Crippen molar-refractivity contribution in [3.8, 4) is 0 Å². The Morgan fingerprint density at radius 1 is 1.56 bits per heavy atom. The van der Waals surface area contributed by atoms with Gasteiger partial charge in [0, 0.05) is 5.92 Å². The molecule has 0 aromatic heterocycles. The van der Waals surface area contributed by atoms with E-state index in [4.69, 9.17) is 9.84 Å². The van der Waals surface area contributed by atoms with Crippen molar-refractivity contribution in [1.29, 1.82) is 0 Å². The fourth-order valence-electron chi connectivity index (χ4n) is 1.50. The molecule has 0 bridgehead atoms. The van der Waals surface area contributed by atoms with Gasteiger partial charge in [-0.3, -0.25) is 0 Å². The topological polar surface area (TPSA) is 75.6 Å². The Kier molecular flexibility index (Phi) is 2.99. The van der Waals surface area contributed by atoms with Crippen molar-refractivity contribution in [3.63, 3.8) is 0 Å². The van der Waals surface area contributed by atoms with E-state index in [1.807, 2.05) is 0 Å². The second-order valence-electron chi connectivity index (χ2n) is 4.95. The standard InChI is InChI=1S/C11H17NO4/c1-5-7-6-11(7,8(13)14)12-9(15)16-10(2,3)4/h5,7H,1,6H2,2-4H3,(H,12,15)(H,13,14)/t7?,11-/m1/s1. The molecule has 0 aliphatic heterocycles. The number of ether oxygens (including phenoxy) is 1. The summed E-state index contributed by atoms with van der Waals surface area (Å²) >= 11 is 0. The molecule has 1 unspecified atom stereocenters. The highest BCUT2D eigenvalue weighted by Crippen LogP contribution is 2.44. The monoisotopic (exact) mass is 227 g/mol. The fraction of sp³-hybridized carbons (Fsp3) is 0.636. The minimum atomic E-state index is -1.22. The van der Waals surface area contributed by atoms with E-state index < -0.39 is 23.2 Å². The minimum absolute atomic E-state index is 0.225. The number of carbonyl (C=O) groups is 2. The van der Waals surface area contributed by atoms with Crippen LogP contribution < -0.4 is 5.32 Å². The number of nitrogens with one attached hydrogen (secondary N) is 1.